The first kappa shape index (κ1) is 14.9. The molecule has 0 saturated carbocycles. The summed E-state index contributed by atoms with van der Waals surface area (Å²) in [4.78, 5) is 23.3. The SMILES string of the molecule is CC(C)[C@@H](CO)NC(=O)Cn1cc(Br)ccc1=O. The van der Waals surface area contributed by atoms with E-state index in [1.807, 2.05) is 13.8 Å². The van der Waals surface area contributed by atoms with E-state index in [9.17, 15) is 9.59 Å². The van der Waals surface area contributed by atoms with Crippen LogP contribution in [0.25, 0.3) is 0 Å². The van der Waals surface area contributed by atoms with Crippen LogP contribution in [0.2, 0.25) is 0 Å². The number of aromatic nitrogens is 1. The summed E-state index contributed by atoms with van der Waals surface area (Å²) in [5, 5.41) is 11.8. The highest BCUT2D eigenvalue weighted by Gasteiger charge is 2.15. The normalized spacial score (nSPS) is 12.5. The fraction of sp³-hybridized carbons (Fsp3) is 0.500. The maximum absolute atomic E-state index is 11.8. The zero-order valence-corrected chi connectivity index (χ0v) is 12.0. The molecule has 0 aliphatic carbocycles. The molecule has 0 aliphatic heterocycles. The quantitative estimate of drug-likeness (QED) is 0.842. The maximum Gasteiger partial charge on any atom is 0.251 e. The molecule has 0 aromatic carbocycles. The molecule has 0 fully saturated rings. The van der Waals surface area contributed by atoms with Crippen LogP contribution in [-0.4, -0.2) is 28.2 Å². The van der Waals surface area contributed by atoms with Crippen LogP contribution in [0.15, 0.2) is 27.6 Å². The molecule has 100 valence electrons. The molecule has 1 heterocycles. The lowest BCUT2D eigenvalue weighted by Crippen LogP contribution is -2.43. The predicted octanol–water partition coefficient (Wildman–Crippen LogP) is 0.744. The molecule has 6 heteroatoms. The van der Waals surface area contributed by atoms with Crippen LogP contribution in [0, 0.1) is 5.92 Å². The average Bonchev–Trinajstić information content (AvgIpc) is 2.30. The number of hydrogen-bond donors (Lipinski definition) is 2. The summed E-state index contributed by atoms with van der Waals surface area (Å²) in [5.74, 6) is -0.152. The highest BCUT2D eigenvalue weighted by Crippen LogP contribution is 2.05. The van der Waals surface area contributed by atoms with Crippen LogP contribution in [0.3, 0.4) is 0 Å². The number of carbonyl (C=O) groups is 1. The summed E-state index contributed by atoms with van der Waals surface area (Å²) in [6.45, 7) is 3.65. The van der Waals surface area contributed by atoms with Crippen molar-refractivity contribution in [2.24, 2.45) is 5.92 Å². The van der Waals surface area contributed by atoms with Gasteiger partial charge in [0.25, 0.3) is 5.56 Å². The van der Waals surface area contributed by atoms with E-state index in [2.05, 4.69) is 21.2 Å². The molecule has 1 atom stereocenters. The van der Waals surface area contributed by atoms with Gasteiger partial charge in [-0.15, -0.1) is 0 Å². The Labute approximate surface area is 114 Å². The van der Waals surface area contributed by atoms with Crippen molar-refractivity contribution in [2.75, 3.05) is 6.61 Å². The van der Waals surface area contributed by atoms with E-state index in [0.29, 0.717) is 0 Å². The van der Waals surface area contributed by atoms with Gasteiger partial charge in [0.15, 0.2) is 0 Å². The summed E-state index contributed by atoms with van der Waals surface area (Å²) in [6, 6.07) is 2.73. The minimum atomic E-state index is -0.291. The lowest BCUT2D eigenvalue weighted by Gasteiger charge is -2.20. The predicted molar refractivity (Wildman–Crippen MR) is 72.3 cm³/mol. The molecule has 0 saturated heterocycles. The minimum absolute atomic E-state index is 0.0541. The largest absolute Gasteiger partial charge is 0.394 e. The van der Waals surface area contributed by atoms with Gasteiger partial charge in [-0.2, -0.15) is 0 Å². The number of aliphatic hydroxyl groups excluding tert-OH is 1. The second-order valence-electron chi connectivity index (χ2n) is 4.41. The Kier molecular flexibility index (Phi) is 5.55. The monoisotopic (exact) mass is 316 g/mol. The smallest absolute Gasteiger partial charge is 0.251 e. The van der Waals surface area contributed by atoms with E-state index in [1.165, 1.54) is 10.6 Å². The van der Waals surface area contributed by atoms with Crippen molar-refractivity contribution in [3.05, 3.63) is 33.2 Å². The zero-order valence-electron chi connectivity index (χ0n) is 10.4. The van der Waals surface area contributed by atoms with Gasteiger partial charge in [0.2, 0.25) is 5.91 Å². The van der Waals surface area contributed by atoms with Crippen molar-refractivity contribution in [3.63, 3.8) is 0 Å². The van der Waals surface area contributed by atoms with Gasteiger partial charge in [-0.05, 0) is 27.9 Å². The summed E-state index contributed by atoms with van der Waals surface area (Å²) in [6.07, 6.45) is 1.56. The highest BCUT2D eigenvalue weighted by atomic mass is 79.9. The van der Waals surface area contributed by atoms with Crippen molar-refractivity contribution in [3.8, 4) is 0 Å². The third-order valence-electron chi connectivity index (χ3n) is 2.61. The number of hydrogen-bond acceptors (Lipinski definition) is 3. The number of pyridine rings is 1. The summed E-state index contributed by atoms with van der Waals surface area (Å²) >= 11 is 3.24. The van der Waals surface area contributed by atoms with Crippen molar-refractivity contribution < 1.29 is 9.90 Å². The Morgan fingerprint density at radius 1 is 1.50 bits per heavy atom. The highest BCUT2D eigenvalue weighted by molar-refractivity contribution is 9.10. The molecule has 1 aromatic rings. The fourth-order valence-electron chi connectivity index (χ4n) is 1.46. The van der Waals surface area contributed by atoms with Crippen LogP contribution in [0.5, 0.6) is 0 Å². The number of amides is 1. The van der Waals surface area contributed by atoms with Gasteiger partial charge in [0, 0.05) is 16.7 Å². The number of aliphatic hydroxyl groups is 1. The summed E-state index contributed by atoms with van der Waals surface area (Å²) in [5.41, 5.74) is -0.238. The molecule has 1 amide bonds. The van der Waals surface area contributed by atoms with E-state index in [0.717, 1.165) is 4.47 Å². The van der Waals surface area contributed by atoms with Crippen LogP contribution in [-0.2, 0) is 11.3 Å². The lowest BCUT2D eigenvalue weighted by molar-refractivity contribution is -0.123. The van der Waals surface area contributed by atoms with E-state index in [-0.39, 0.29) is 36.6 Å². The molecule has 0 spiro atoms. The van der Waals surface area contributed by atoms with Crippen molar-refractivity contribution in [2.45, 2.75) is 26.4 Å². The van der Waals surface area contributed by atoms with Gasteiger partial charge < -0.3 is 15.0 Å². The second-order valence-corrected chi connectivity index (χ2v) is 5.33. The molecular formula is C12H17BrN2O3. The Balaban J connectivity index is 2.70. The zero-order chi connectivity index (χ0) is 13.7. The number of nitrogens with zero attached hydrogens (tertiary/aromatic N) is 1. The van der Waals surface area contributed by atoms with Crippen LogP contribution in [0.1, 0.15) is 13.8 Å². The number of nitrogens with one attached hydrogen (secondary N) is 1. The standard InChI is InChI=1S/C12H17BrN2O3/c1-8(2)10(7-16)14-11(17)6-15-5-9(13)3-4-12(15)18/h3-5,8,10,16H,6-7H2,1-2H3,(H,14,17)/t10-/m1/s1. The van der Waals surface area contributed by atoms with E-state index >= 15 is 0 Å². The average molecular weight is 317 g/mol. The van der Waals surface area contributed by atoms with Gasteiger partial charge in [-0.3, -0.25) is 9.59 Å². The van der Waals surface area contributed by atoms with Gasteiger partial charge in [0.1, 0.15) is 6.54 Å². The minimum Gasteiger partial charge on any atom is -0.394 e. The molecule has 18 heavy (non-hydrogen) atoms. The van der Waals surface area contributed by atoms with E-state index < -0.39 is 0 Å². The molecule has 2 N–H and O–H groups in total. The van der Waals surface area contributed by atoms with E-state index in [1.54, 1.807) is 12.3 Å². The fourth-order valence-corrected chi connectivity index (χ4v) is 1.84. The third-order valence-corrected chi connectivity index (χ3v) is 3.08. The first-order valence-electron chi connectivity index (χ1n) is 5.70. The molecule has 1 rings (SSSR count). The van der Waals surface area contributed by atoms with Crippen LogP contribution in [0.4, 0.5) is 0 Å². The first-order valence-corrected chi connectivity index (χ1v) is 6.49. The summed E-state index contributed by atoms with van der Waals surface area (Å²) < 4.78 is 2.05. The van der Waals surface area contributed by atoms with Gasteiger partial charge >= 0.3 is 0 Å². The Morgan fingerprint density at radius 3 is 2.72 bits per heavy atom. The van der Waals surface area contributed by atoms with Crippen molar-refractivity contribution >= 4 is 21.8 Å². The molecular weight excluding hydrogens is 300 g/mol. The van der Waals surface area contributed by atoms with Gasteiger partial charge in [-0.25, -0.2) is 0 Å². The van der Waals surface area contributed by atoms with E-state index in [4.69, 9.17) is 5.11 Å². The van der Waals surface area contributed by atoms with Gasteiger partial charge in [0.05, 0.1) is 12.6 Å². The van der Waals surface area contributed by atoms with Crippen LogP contribution >= 0.6 is 15.9 Å². The second kappa shape index (κ2) is 6.70. The van der Waals surface area contributed by atoms with Crippen LogP contribution < -0.4 is 10.9 Å². The Hall–Kier alpha value is -1.14. The maximum atomic E-state index is 11.8. The lowest BCUT2D eigenvalue weighted by atomic mass is 10.1. The molecule has 0 aliphatic rings. The third kappa shape index (κ3) is 4.27. The van der Waals surface area contributed by atoms with Crippen molar-refractivity contribution in [1.82, 2.24) is 9.88 Å². The first-order chi connectivity index (χ1) is 8.43. The number of halogens is 1. The Morgan fingerprint density at radius 2 is 2.17 bits per heavy atom. The topological polar surface area (TPSA) is 71.3 Å². The van der Waals surface area contributed by atoms with Crippen molar-refractivity contribution in [1.29, 1.82) is 0 Å². The summed E-state index contributed by atoms with van der Waals surface area (Å²) in [7, 11) is 0. The molecule has 0 unspecified atom stereocenters. The molecule has 0 bridgehead atoms. The number of rotatable bonds is 5. The number of carbonyl (C=O) groups excluding carboxylic acids is 1. The molecule has 1 aromatic heterocycles. The molecule has 0 radical (unpaired) electrons. The van der Waals surface area contributed by atoms with Gasteiger partial charge in [-0.1, -0.05) is 13.8 Å². The molecule has 5 nitrogen and oxygen atoms in total. The Bertz CT molecular complexity index is 471.